The van der Waals surface area contributed by atoms with Gasteiger partial charge in [-0.2, -0.15) is 0 Å². The van der Waals surface area contributed by atoms with Crippen molar-refractivity contribution in [1.82, 2.24) is 0 Å². The standard InChI is InChI=1S/3C8H14O2S.C8H17.Sn/c3*9-8(10)6-11-7-4-2-1-3-5-7;1-3-5-7-8-6-4-2;/h3*7H,1-6H2,(H,9,10);1,3-8H2,2H3;/q;;;;+3/p-3. The molecule has 3 aliphatic carbocycles. The van der Waals surface area contributed by atoms with Gasteiger partial charge in [-0.1, -0.05) is 0 Å². The van der Waals surface area contributed by atoms with Crippen LogP contribution in [0.5, 0.6) is 0 Å². The monoisotopic (exact) mass is 752 g/mol. The minimum atomic E-state index is -4.88. The van der Waals surface area contributed by atoms with Crippen LogP contribution >= 0.6 is 35.3 Å². The van der Waals surface area contributed by atoms with Gasteiger partial charge in [-0.05, 0) is 0 Å². The molecule has 0 radical (unpaired) electrons. The minimum absolute atomic E-state index is 0.225. The number of hydrogen-bond donors (Lipinski definition) is 0. The summed E-state index contributed by atoms with van der Waals surface area (Å²) in [7, 11) is 0. The van der Waals surface area contributed by atoms with Crippen molar-refractivity contribution in [3.05, 3.63) is 0 Å². The second-order valence-corrected chi connectivity index (χ2v) is 23.3. The van der Waals surface area contributed by atoms with Crippen molar-refractivity contribution in [3.63, 3.8) is 0 Å². The maximum absolute atomic E-state index is 13.3. The molecule has 0 amide bonds. The quantitative estimate of drug-likeness (QED) is 0.0949. The van der Waals surface area contributed by atoms with Crippen LogP contribution < -0.4 is 0 Å². The summed E-state index contributed by atoms with van der Waals surface area (Å²) in [6.45, 7) is 2.20. The summed E-state index contributed by atoms with van der Waals surface area (Å²) in [5.41, 5.74) is 0. The van der Waals surface area contributed by atoms with E-state index in [1.807, 2.05) is 0 Å². The number of unbranched alkanes of at least 4 members (excludes halogenated alkanes) is 5. The van der Waals surface area contributed by atoms with Crippen LogP contribution in [0.3, 0.4) is 0 Å². The van der Waals surface area contributed by atoms with Crippen LogP contribution in [-0.4, -0.2) is 70.5 Å². The van der Waals surface area contributed by atoms with Crippen molar-refractivity contribution in [2.45, 2.75) is 162 Å². The fraction of sp³-hybridized carbons (Fsp3) is 0.906. The van der Waals surface area contributed by atoms with Crippen LogP contribution in [0.25, 0.3) is 0 Å². The summed E-state index contributed by atoms with van der Waals surface area (Å²) in [6.07, 6.45) is 24.1. The average Bonchev–Trinajstić information content (AvgIpc) is 3.01. The molecule has 0 aromatic carbocycles. The molecule has 3 saturated carbocycles. The van der Waals surface area contributed by atoms with E-state index in [2.05, 4.69) is 6.92 Å². The third-order valence-electron chi connectivity index (χ3n) is 8.61. The molecule has 10 heteroatoms. The van der Waals surface area contributed by atoms with Gasteiger partial charge in [-0.3, -0.25) is 0 Å². The van der Waals surface area contributed by atoms with Gasteiger partial charge in [0.2, 0.25) is 0 Å². The van der Waals surface area contributed by atoms with Gasteiger partial charge < -0.3 is 0 Å². The molecule has 0 spiro atoms. The predicted octanol–water partition coefficient (Wildman–Crippen LogP) is 9.11. The molecule has 0 aliphatic heterocycles. The van der Waals surface area contributed by atoms with Gasteiger partial charge in [0.1, 0.15) is 0 Å². The molecule has 0 unspecified atom stereocenters. The first-order chi connectivity index (χ1) is 20.5. The van der Waals surface area contributed by atoms with Gasteiger partial charge in [-0.25, -0.2) is 0 Å². The molecule has 0 aromatic heterocycles. The van der Waals surface area contributed by atoms with Crippen molar-refractivity contribution in [2.24, 2.45) is 0 Å². The first-order valence-electron chi connectivity index (χ1n) is 17.0. The number of carbonyl (C=O) groups is 3. The summed E-state index contributed by atoms with van der Waals surface area (Å²) in [4.78, 5) is 39.8. The van der Waals surface area contributed by atoms with Crippen LogP contribution in [0.4, 0.5) is 0 Å². The van der Waals surface area contributed by atoms with Crippen molar-refractivity contribution in [3.8, 4) is 0 Å². The van der Waals surface area contributed by atoms with Gasteiger partial charge in [0.15, 0.2) is 0 Å². The van der Waals surface area contributed by atoms with Crippen molar-refractivity contribution in [2.75, 3.05) is 17.3 Å². The van der Waals surface area contributed by atoms with Crippen molar-refractivity contribution < 1.29 is 23.6 Å². The molecule has 242 valence electrons. The Balaban J connectivity index is 1.65. The first kappa shape index (κ1) is 36.7. The fourth-order valence-electron chi connectivity index (χ4n) is 6.20. The van der Waals surface area contributed by atoms with Gasteiger partial charge in [-0.15, -0.1) is 0 Å². The van der Waals surface area contributed by atoms with Crippen molar-refractivity contribution in [1.29, 1.82) is 0 Å². The molecular weight excluding hydrogens is 695 g/mol. The Labute approximate surface area is 273 Å². The Morgan fingerprint density at radius 3 is 1.21 bits per heavy atom. The summed E-state index contributed by atoms with van der Waals surface area (Å²) >= 11 is 0.0632. The zero-order chi connectivity index (χ0) is 29.9. The Hall–Kier alpha value is 0.259. The van der Waals surface area contributed by atoms with E-state index in [0.29, 0.717) is 20.2 Å². The molecule has 3 aliphatic rings. The Bertz CT molecular complexity index is 694. The fourth-order valence-corrected chi connectivity index (χ4v) is 17.2. The Kier molecular flexibility index (Phi) is 19.1. The molecule has 6 nitrogen and oxygen atoms in total. The molecule has 3 rings (SSSR count). The average molecular weight is 752 g/mol. The topological polar surface area (TPSA) is 78.9 Å². The van der Waals surface area contributed by atoms with E-state index in [0.717, 1.165) is 64.2 Å². The normalized spacial score (nSPS) is 19.4. The third-order valence-corrected chi connectivity index (χ3v) is 20.0. The van der Waals surface area contributed by atoms with E-state index < -0.39 is 19.6 Å². The van der Waals surface area contributed by atoms with Gasteiger partial charge in [0.25, 0.3) is 0 Å². The molecule has 3 fully saturated rings. The molecule has 0 aromatic rings. The van der Waals surface area contributed by atoms with E-state index in [4.69, 9.17) is 9.22 Å². The van der Waals surface area contributed by atoms with E-state index in [9.17, 15) is 14.4 Å². The molecule has 42 heavy (non-hydrogen) atoms. The zero-order valence-corrected chi connectivity index (χ0v) is 31.4. The number of thioether (sulfide) groups is 3. The maximum atomic E-state index is 13.3. The van der Waals surface area contributed by atoms with Crippen LogP contribution in [-0.2, 0) is 23.6 Å². The molecule has 0 N–H and O–H groups in total. The van der Waals surface area contributed by atoms with Gasteiger partial charge >= 0.3 is 276 Å². The summed E-state index contributed by atoms with van der Waals surface area (Å²) in [5, 5.41) is 1.41. The van der Waals surface area contributed by atoms with Gasteiger partial charge in [0.05, 0.1) is 0 Å². The van der Waals surface area contributed by atoms with Crippen molar-refractivity contribution >= 4 is 72.8 Å². The van der Waals surface area contributed by atoms with Crippen LogP contribution in [0.1, 0.15) is 142 Å². The van der Waals surface area contributed by atoms with E-state index in [1.165, 1.54) is 70.6 Å². The first-order valence-corrected chi connectivity index (χ1v) is 25.6. The molecular formula is C32H56O6S3Sn. The molecule has 0 bridgehead atoms. The van der Waals surface area contributed by atoms with E-state index >= 15 is 0 Å². The van der Waals surface area contributed by atoms with Crippen LogP contribution in [0.2, 0.25) is 4.44 Å². The predicted molar refractivity (Wildman–Crippen MR) is 180 cm³/mol. The zero-order valence-electron chi connectivity index (χ0n) is 26.1. The molecule has 0 atom stereocenters. The summed E-state index contributed by atoms with van der Waals surface area (Å²) in [6, 6.07) is 0. The van der Waals surface area contributed by atoms with Gasteiger partial charge in [0, 0.05) is 0 Å². The number of hydrogen-bond acceptors (Lipinski definition) is 9. The van der Waals surface area contributed by atoms with Crippen LogP contribution in [0, 0.1) is 0 Å². The molecule has 0 saturated heterocycles. The Morgan fingerprint density at radius 2 is 0.857 bits per heavy atom. The van der Waals surface area contributed by atoms with E-state index in [-0.39, 0.29) is 35.2 Å². The number of rotatable bonds is 19. The number of carbonyl (C=O) groups excluding carboxylic acids is 3. The summed E-state index contributed by atoms with van der Waals surface area (Å²) in [5.74, 6) is -0.471. The second-order valence-electron chi connectivity index (χ2n) is 12.3. The van der Waals surface area contributed by atoms with E-state index in [1.54, 1.807) is 35.3 Å². The SMILES string of the molecule is CCCCCCC[CH2][Sn]([O]C(=O)CSC1CCCCC1)([O]C(=O)CSC1CCCCC1)[O]C(=O)CSC1CCCCC1. The van der Waals surface area contributed by atoms with Crippen LogP contribution in [0.15, 0.2) is 0 Å². The summed E-state index contributed by atoms with van der Waals surface area (Å²) < 4.78 is 18.8. The molecule has 0 heterocycles. The third kappa shape index (κ3) is 15.5. The second kappa shape index (κ2) is 21.9. The Morgan fingerprint density at radius 1 is 0.524 bits per heavy atom.